The number of carbonyl (C=O) groups is 1. The second kappa shape index (κ2) is 4.13. The lowest BCUT2D eigenvalue weighted by atomic mass is 10.0. The first-order valence-corrected chi connectivity index (χ1v) is 4.61. The summed E-state index contributed by atoms with van der Waals surface area (Å²) in [6.07, 6.45) is 0. The maximum atomic E-state index is 10.8. The summed E-state index contributed by atoms with van der Waals surface area (Å²) in [5.74, 6) is 0.300. The van der Waals surface area contributed by atoms with Gasteiger partial charge in [0, 0.05) is 6.92 Å². The Morgan fingerprint density at radius 3 is 2.57 bits per heavy atom. The van der Waals surface area contributed by atoms with Gasteiger partial charge in [-0.2, -0.15) is 0 Å². The van der Waals surface area contributed by atoms with Crippen LogP contribution >= 0.6 is 0 Å². The molecule has 0 aromatic heterocycles. The lowest BCUT2D eigenvalue weighted by Gasteiger charge is -2.10. The third kappa shape index (κ3) is 2.49. The summed E-state index contributed by atoms with van der Waals surface area (Å²) in [4.78, 5) is 10.8. The van der Waals surface area contributed by atoms with Crippen LogP contribution in [0.1, 0.15) is 32.3 Å². The van der Waals surface area contributed by atoms with Gasteiger partial charge in [-0.25, -0.2) is 0 Å². The summed E-state index contributed by atoms with van der Waals surface area (Å²) >= 11 is 0. The molecule has 0 heterocycles. The van der Waals surface area contributed by atoms with Crippen LogP contribution in [-0.2, 0) is 4.79 Å². The number of amides is 1. The molecule has 0 saturated carbocycles. The van der Waals surface area contributed by atoms with E-state index in [9.17, 15) is 9.90 Å². The van der Waals surface area contributed by atoms with Crippen molar-refractivity contribution in [2.75, 3.05) is 5.32 Å². The standard InChI is InChI=1S/C11H15NO2/c1-7(2)9-4-5-11(14)10(6-9)12-8(3)13/h4-7,14H,1-3H3,(H,12,13). The SMILES string of the molecule is CC(=O)Nc1cc(C(C)C)ccc1O. The van der Waals surface area contributed by atoms with Crippen molar-refractivity contribution in [1.29, 1.82) is 0 Å². The molecule has 1 aromatic rings. The van der Waals surface area contributed by atoms with E-state index in [-0.39, 0.29) is 11.7 Å². The molecule has 0 saturated heterocycles. The molecule has 3 nitrogen and oxygen atoms in total. The van der Waals surface area contributed by atoms with Crippen LogP contribution in [0.15, 0.2) is 18.2 Å². The van der Waals surface area contributed by atoms with Crippen LogP contribution in [0.25, 0.3) is 0 Å². The van der Waals surface area contributed by atoms with Crippen LogP contribution in [0.4, 0.5) is 5.69 Å². The normalized spacial score (nSPS) is 10.3. The van der Waals surface area contributed by atoms with Crippen LogP contribution in [0, 0.1) is 0 Å². The molecule has 0 fully saturated rings. The fraction of sp³-hybridized carbons (Fsp3) is 0.364. The monoisotopic (exact) mass is 193 g/mol. The van der Waals surface area contributed by atoms with Crippen molar-refractivity contribution in [2.24, 2.45) is 0 Å². The highest BCUT2D eigenvalue weighted by Gasteiger charge is 2.06. The number of aromatic hydroxyl groups is 1. The Balaban J connectivity index is 3.02. The van der Waals surface area contributed by atoms with E-state index in [1.54, 1.807) is 12.1 Å². The molecule has 0 aliphatic carbocycles. The molecule has 76 valence electrons. The predicted octanol–water partition coefficient (Wildman–Crippen LogP) is 2.47. The van der Waals surface area contributed by atoms with Crippen LogP contribution in [-0.4, -0.2) is 11.0 Å². The number of anilines is 1. The van der Waals surface area contributed by atoms with Crippen molar-refractivity contribution < 1.29 is 9.90 Å². The highest BCUT2D eigenvalue weighted by Crippen LogP contribution is 2.27. The highest BCUT2D eigenvalue weighted by atomic mass is 16.3. The van der Waals surface area contributed by atoms with E-state index in [0.29, 0.717) is 11.6 Å². The number of benzene rings is 1. The summed E-state index contributed by atoms with van der Waals surface area (Å²) in [5.41, 5.74) is 1.57. The van der Waals surface area contributed by atoms with E-state index in [0.717, 1.165) is 5.56 Å². The molecule has 0 atom stereocenters. The summed E-state index contributed by atoms with van der Waals surface area (Å²) in [6.45, 7) is 5.54. The third-order valence-electron chi connectivity index (χ3n) is 2.00. The van der Waals surface area contributed by atoms with Gasteiger partial charge in [0.15, 0.2) is 0 Å². The molecule has 2 N–H and O–H groups in total. The second-order valence-electron chi connectivity index (χ2n) is 3.61. The molecule has 0 spiro atoms. The van der Waals surface area contributed by atoms with E-state index in [1.807, 2.05) is 6.07 Å². The van der Waals surface area contributed by atoms with E-state index < -0.39 is 0 Å². The average Bonchev–Trinajstić information content (AvgIpc) is 2.07. The minimum Gasteiger partial charge on any atom is -0.506 e. The van der Waals surface area contributed by atoms with Crippen molar-refractivity contribution in [3.05, 3.63) is 23.8 Å². The number of hydrogen-bond acceptors (Lipinski definition) is 2. The van der Waals surface area contributed by atoms with Gasteiger partial charge in [-0.05, 0) is 23.6 Å². The zero-order chi connectivity index (χ0) is 10.7. The number of rotatable bonds is 2. The fourth-order valence-electron chi connectivity index (χ4n) is 1.20. The Labute approximate surface area is 83.8 Å². The van der Waals surface area contributed by atoms with Gasteiger partial charge in [0.2, 0.25) is 5.91 Å². The van der Waals surface area contributed by atoms with Crippen molar-refractivity contribution in [1.82, 2.24) is 0 Å². The molecule has 0 aliphatic heterocycles. The Kier molecular flexibility index (Phi) is 3.12. The Bertz CT molecular complexity index is 345. The van der Waals surface area contributed by atoms with E-state index >= 15 is 0 Å². The molecular weight excluding hydrogens is 178 g/mol. The largest absolute Gasteiger partial charge is 0.506 e. The van der Waals surface area contributed by atoms with Gasteiger partial charge in [-0.3, -0.25) is 4.79 Å². The Morgan fingerprint density at radius 2 is 2.07 bits per heavy atom. The summed E-state index contributed by atoms with van der Waals surface area (Å²) in [6, 6.07) is 5.24. The summed E-state index contributed by atoms with van der Waals surface area (Å²) in [5, 5.41) is 12.0. The number of phenols is 1. The molecular formula is C11H15NO2. The van der Waals surface area contributed by atoms with Crippen molar-refractivity contribution in [3.63, 3.8) is 0 Å². The molecule has 0 unspecified atom stereocenters. The molecule has 14 heavy (non-hydrogen) atoms. The first-order chi connectivity index (χ1) is 6.50. The Morgan fingerprint density at radius 1 is 1.43 bits per heavy atom. The maximum absolute atomic E-state index is 10.8. The van der Waals surface area contributed by atoms with Crippen LogP contribution in [0.5, 0.6) is 5.75 Å². The topological polar surface area (TPSA) is 49.3 Å². The predicted molar refractivity (Wildman–Crippen MR) is 56.5 cm³/mol. The average molecular weight is 193 g/mol. The summed E-state index contributed by atoms with van der Waals surface area (Å²) < 4.78 is 0. The molecule has 0 radical (unpaired) electrons. The molecule has 1 rings (SSSR count). The zero-order valence-electron chi connectivity index (χ0n) is 8.66. The number of carbonyl (C=O) groups excluding carboxylic acids is 1. The number of phenolic OH excluding ortho intramolecular Hbond substituents is 1. The minimum atomic E-state index is -0.179. The van der Waals surface area contributed by atoms with Gasteiger partial charge < -0.3 is 10.4 Å². The van der Waals surface area contributed by atoms with Crippen LogP contribution in [0.3, 0.4) is 0 Å². The van der Waals surface area contributed by atoms with E-state index in [1.165, 1.54) is 6.92 Å². The molecule has 0 aliphatic rings. The van der Waals surface area contributed by atoms with Crippen LogP contribution < -0.4 is 5.32 Å². The number of hydrogen-bond donors (Lipinski definition) is 2. The lowest BCUT2D eigenvalue weighted by Crippen LogP contribution is -2.06. The van der Waals surface area contributed by atoms with Gasteiger partial charge in [-0.1, -0.05) is 19.9 Å². The molecule has 1 aromatic carbocycles. The highest BCUT2D eigenvalue weighted by molar-refractivity contribution is 5.90. The third-order valence-corrected chi connectivity index (χ3v) is 2.00. The van der Waals surface area contributed by atoms with Gasteiger partial charge in [0.1, 0.15) is 5.75 Å². The molecule has 3 heteroatoms. The minimum absolute atomic E-state index is 0.101. The van der Waals surface area contributed by atoms with Gasteiger partial charge in [0.25, 0.3) is 0 Å². The maximum Gasteiger partial charge on any atom is 0.221 e. The number of nitrogens with one attached hydrogen (secondary N) is 1. The quantitative estimate of drug-likeness (QED) is 0.709. The first kappa shape index (κ1) is 10.6. The smallest absolute Gasteiger partial charge is 0.221 e. The van der Waals surface area contributed by atoms with Crippen molar-refractivity contribution in [3.8, 4) is 5.75 Å². The fourth-order valence-corrected chi connectivity index (χ4v) is 1.20. The first-order valence-electron chi connectivity index (χ1n) is 4.61. The van der Waals surface area contributed by atoms with Gasteiger partial charge >= 0.3 is 0 Å². The zero-order valence-corrected chi connectivity index (χ0v) is 8.66. The van der Waals surface area contributed by atoms with Crippen molar-refractivity contribution in [2.45, 2.75) is 26.7 Å². The van der Waals surface area contributed by atoms with E-state index in [2.05, 4.69) is 19.2 Å². The molecule has 1 amide bonds. The Hall–Kier alpha value is -1.51. The summed E-state index contributed by atoms with van der Waals surface area (Å²) in [7, 11) is 0. The van der Waals surface area contributed by atoms with Crippen LogP contribution in [0.2, 0.25) is 0 Å². The molecule has 0 bridgehead atoms. The lowest BCUT2D eigenvalue weighted by molar-refractivity contribution is -0.114. The van der Waals surface area contributed by atoms with Gasteiger partial charge in [0.05, 0.1) is 5.69 Å². The van der Waals surface area contributed by atoms with Crippen molar-refractivity contribution >= 4 is 11.6 Å². The second-order valence-corrected chi connectivity index (χ2v) is 3.61. The van der Waals surface area contributed by atoms with Gasteiger partial charge in [-0.15, -0.1) is 0 Å². The van der Waals surface area contributed by atoms with E-state index in [4.69, 9.17) is 0 Å².